The van der Waals surface area contributed by atoms with Crippen LogP contribution in [0, 0.1) is 13.8 Å². The summed E-state index contributed by atoms with van der Waals surface area (Å²) in [5.41, 5.74) is 10.3. The van der Waals surface area contributed by atoms with Gasteiger partial charge in [-0.15, -0.1) is 0 Å². The third-order valence-electron chi connectivity index (χ3n) is 3.53. The molecule has 1 aromatic carbocycles. The molecule has 1 aliphatic rings. The second-order valence-corrected chi connectivity index (χ2v) is 4.67. The van der Waals surface area contributed by atoms with E-state index in [0.29, 0.717) is 0 Å². The quantitative estimate of drug-likeness (QED) is 0.641. The zero-order chi connectivity index (χ0) is 12.6. The standard InChI is InChI=1S/C13H20N2O2/c1-9-5-10(2)12(6-11(9)14)15-7-13(8-15,16-3)17-4/h5-6H,7-8,14H2,1-4H3. The van der Waals surface area contributed by atoms with Gasteiger partial charge in [0.1, 0.15) is 0 Å². The van der Waals surface area contributed by atoms with Crippen LogP contribution < -0.4 is 10.6 Å². The Bertz CT molecular complexity index is 420. The molecular weight excluding hydrogens is 216 g/mol. The summed E-state index contributed by atoms with van der Waals surface area (Å²) in [6.07, 6.45) is 0. The highest BCUT2D eigenvalue weighted by molar-refractivity contribution is 5.65. The maximum absolute atomic E-state index is 5.95. The fourth-order valence-electron chi connectivity index (χ4n) is 2.24. The Kier molecular flexibility index (Phi) is 3.02. The van der Waals surface area contributed by atoms with Crippen LogP contribution in [0.25, 0.3) is 0 Å². The van der Waals surface area contributed by atoms with Gasteiger partial charge in [0.25, 0.3) is 0 Å². The molecule has 1 aliphatic heterocycles. The minimum atomic E-state index is -0.452. The Hall–Kier alpha value is -1.26. The fraction of sp³-hybridized carbons (Fsp3) is 0.538. The molecule has 0 aromatic heterocycles. The number of anilines is 2. The molecule has 0 spiro atoms. The molecule has 1 aromatic rings. The fourth-order valence-corrected chi connectivity index (χ4v) is 2.24. The van der Waals surface area contributed by atoms with Gasteiger partial charge in [0.15, 0.2) is 0 Å². The van der Waals surface area contributed by atoms with Gasteiger partial charge in [-0.05, 0) is 31.0 Å². The molecule has 1 fully saturated rings. The van der Waals surface area contributed by atoms with E-state index in [-0.39, 0.29) is 0 Å². The summed E-state index contributed by atoms with van der Waals surface area (Å²) in [4.78, 5) is 2.22. The van der Waals surface area contributed by atoms with Crippen molar-refractivity contribution >= 4 is 11.4 Å². The molecule has 0 saturated carbocycles. The topological polar surface area (TPSA) is 47.7 Å². The Morgan fingerprint density at radius 3 is 2.24 bits per heavy atom. The molecule has 94 valence electrons. The molecule has 0 atom stereocenters. The molecule has 1 saturated heterocycles. The van der Waals surface area contributed by atoms with Gasteiger partial charge in [-0.2, -0.15) is 0 Å². The lowest BCUT2D eigenvalue weighted by atomic mass is 10.0. The number of ether oxygens (including phenoxy) is 2. The average Bonchev–Trinajstić information content (AvgIpc) is 2.25. The minimum absolute atomic E-state index is 0.452. The Labute approximate surface area is 102 Å². The Balaban J connectivity index is 2.19. The van der Waals surface area contributed by atoms with E-state index in [1.807, 2.05) is 13.0 Å². The first-order chi connectivity index (χ1) is 8.01. The maximum atomic E-state index is 5.95. The monoisotopic (exact) mass is 236 g/mol. The highest BCUT2D eigenvalue weighted by atomic mass is 16.7. The molecule has 0 radical (unpaired) electrons. The predicted molar refractivity (Wildman–Crippen MR) is 69.3 cm³/mol. The minimum Gasteiger partial charge on any atom is -0.398 e. The van der Waals surface area contributed by atoms with Gasteiger partial charge in [0.2, 0.25) is 5.79 Å². The summed E-state index contributed by atoms with van der Waals surface area (Å²) in [6.45, 7) is 5.60. The molecule has 0 amide bonds. The number of rotatable bonds is 3. The molecule has 2 N–H and O–H groups in total. The van der Waals surface area contributed by atoms with E-state index in [4.69, 9.17) is 15.2 Å². The van der Waals surface area contributed by atoms with Crippen LogP contribution in [0.1, 0.15) is 11.1 Å². The first-order valence-corrected chi connectivity index (χ1v) is 5.73. The summed E-state index contributed by atoms with van der Waals surface area (Å²) >= 11 is 0. The summed E-state index contributed by atoms with van der Waals surface area (Å²) < 4.78 is 10.7. The number of hydrogen-bond donors (Lipinski definition) is 1. The van der Waals surface area contributed by atoms with E-state index < -0.39 is 5.79 Å². The lowest BCUT2D eigenvalue weighted by Crippen LogP contribution is -2.64. The van der Waals surface area contributed by atoms with Gasteiger partial charge in [-0.25, -0.2) is 0 Å². The van der Waals surface area contributed by atoms with Gasteiger partial charge in [0, 0.05) is 25.6 Å². The van der Waals surface area contributed by atoms with E-state index in [1.165, 1.54) is 5.56 Å². The van der Waals surface area contributed by atoms with E-state index in [9.17, 15) is 0 Å². The number of methoxy groups -OCH3 is 2. The highest BCUT2D eigenvalue weighted by Crippen LogP contribution is 2.34. The van der Waals surface area contributed by atoms with Crippen molar-refractivity contribution in [3.8, 4) is 0 Å². The summed E-state index contributed by atoms with van der Waals surface area (Å²) in [5.74, 6) is -0.452. The number of aryl methyl sites for hydroxylation is 2. The van der Waals surface area contributed by atoms with Gasteiger partial charge in [-0.3, -0.25) is 0 Å². The SMILES string of the molecule is COC1(OC)CN(c2cc(N)c(C)cc2C)C1. The van der Waals surface area contributed by atoms with Crippen LogP contribution in [0.4, 0.5) is 11.4 Å². The lowest BCUT2D eigenvalue weighted by Gasteiger charge is -2.49. The van der Waals surface area contributed by atoms with Crippen molar-refractivity contribution in [2.24, 2.45) is 0 Å². The van der Waals surface area contributed by atoms with Crippen LogP contribution in [-0.2, 0) is 9.47 Å². The third kappa shape index (κ3) is 1.98. The van der Waals surface area contributed by atoms with Gasteiger partial charge in [-0.1, -0.05) is 6.07 Å². The molecular formula is C13H20N2O2. The summed E-state index contributed by atoms with van der Waals surface area (Å²) in [6, 6.07) is 4.14. The second-order valence-electron chi connectivity index (χ2n) is 4.67. The zero-order valence-corrected chi connectivity index (χ0v) is 10.9. The molecule has 4 heteroatoms. The normalized spacial score (nSPS) is 18.0. The number of nitrogen functional groups attached to an aromatic ring is 1. The van der Waals surface area contributed by atoms with Crippen LogP contribution >= 0.6 is 0 Å². The van der Waals surface area contributed by atoms with Crippen LogP contribution in [0.5, 0.6) is 0 Å². The predicted octanol–water partition coefficient (Wildman–Crippen LogP) is 1.69. The molecule has 1 heterocycles. The summed E-state index contributed by atoms with van der Waals surface area (Å²) in [5, 5.41) is 0. The van der Waals surface area contributed by atoms with Crippen molar-refractivity contribution in [1.29, 1.82) is 0 Å². The highest BCUT2D eigenvalue weighted by Gasteiger charge is 2.44. The average molecular weight is 236 g/mol. The largest absolute Gasteiger partial charge is 0.398 e. The zero-order valence-electron chi connectivity index (χ0n) is 10.9. The molecule has 0 unspecified atom stereocenters. The van der Waals surface area contributed by atoms with Gasteiger partial charge >= 0.3 is 0 Å². The second kappa shape index (κ2) is 4.20. The molecule has 2 rings (SSSR count). The van der Waals surface area contributed by atoms with Crippen molar-refractivity contribution in [2.45, 2.75) is 19.6 Å². The number of hydrogen-bond acceptors (Lipinski definition) is 4. The van der Waals surface area contributed by atoms with Crippen LogP contribution in [-0.4, -0.2) is 33.1 Å². The van der Waals surface area contributed by atoms with Gasteiger partial charge in [0.05, 0.1) is 13.1 Å². The van der Waals surface area contributed by atoms with E-state index >= 15 is 0 Å². The first kappa shape index (κ1) is 12.2. The van der Waals surface area contributed by atoms with Crippen LogP contribution in [0.15, 0.2) is 12.1 Å². The van der Waals surface area contributed by atoms with Crippen molar-refractivity contribution in [1.82, 2.24) is 0 Å². The number of nitrogens with zero attached hydrogens (tertiary/aromatic N) is 1. The summed E-state index contributed by atoms with van der Waals surface area (Å²) in [7, 11) is 3.36. The van der Waals surface area contributed by atoms with E-state index in [2.05, 4.69) is 17.9 Å². The molecule has 0 bridgehead atoms. The van der Waals surface area contributed by atoms with E-state index in [0.717, 1.165) is 30.0 Å². The van der Waals surface area contributed by atoms with Crippen molar-refractivity contribution in [2.75, 3.05) is 37.9 Å². The molecule has 17 heavy (non-hydrogen) atoms. The Morgan fingerprint density at radius 2 is 1.71 bits per heavy atom. The van der Waals surface area contributed by atoms with E-state index in [1.54, 1.807) is 14.2 Å². The first-order valence-electron chi connectivity index (χ1n) is 5.73. The van der Waals surface area contributed by atoms with Gasteiger partial charge < -0.3 is 20.1 Å². The Morgan fingerprint density at radius 1 is 1.12 bits per heavy atom. The molecule has 0 aliphatic carbocycles. The smallest absolute Gasteiger partial charge is 0.203 e. The number of nitrogens with two attached hydrogens (primary N) is 1. The maximum Gasteiger partial charge on any atom is 0.203 e. The lowest BCUT2D eigenvalue weighted by molar-refractivity contribution is -0.219. The third-order valence-corrected chi connectivity index (χ3v) is 3.53. The van der Waals surface area contributed by atoms with Crippen molar-refractivity contribution in [3.05, 3.63) is 23.3 Å². The van der Waals surface area contributed by atoms with Crippen LogP contribution in [0.2, 0.25) is 0 Å². The molecule has 4 nitrogen and oxygen atoms in total. The van der Waals surface area contributed by atoms with Crippen molar-refractivity contribution in [3.63, 3.8) is 0 Å². The number of benzene rings is 1. The van der Waals surface area contributed by atoms with Crippen LogP contribution in [0.3, 0.4) is 0 Å². The van der Waals surface area contributed by atoms with Crippen molar-refractivity contribution < 1.29 is 9.47 Å².